The lowest BCUT2D eigenvalue weighted by atomic mass is 9.61. The molecule has 148 valence electrons. The van der Waals surface area contributed by atoms with E-state index in [0.29, 0.717) is 5.56 Å². The monoisotopic (exact) mass is 376 g/mol. The predicted molar refractivity (Wildman–Crippen MR) is 99.1 cm³/mol. The Bertz CT molecular complexity index is 691. The summed E-state index contributed by atoms with van der Waals surface area (Å²) in [6, 6.07) is 7.40. The Kier molecular flexibility index (Phi) is 6.76. The van der Waals surface area contributed by atoms with Gasteiger partial charge in [-0.1, -0.05) is 31.2 Å². The van der Waals surface area contributed by atoms with E-state index in [0.717, 1.165) is 12.0 Å². The highest BCUT2D eigenvalue weighted by atomic mass is 16.5. The first-order valence-corrected chi connectivity index (χ1v) is 9.43. The van der Waals surface area contributed by atoms with Gasteiger partial charge in [-0.25, -0.2) is 0 Å². The third-order valence-electron chi connectivity index (χ3n) is 5.12. The van der Waals surface area contributed by atoms with Gasteiger partial charge in [-0.05, 0) is 38.3 Å². The van der Waals surface area contributed by atoms with Gasteiger partial charge in [0.1, 0.15) is 5.92 Å². The molecule has 0 heterocycles. The summed E-state index contributed by atoms with van der Waals surface area (Å²) in [4.78, 5) is 38.0. The highest BCUT2D eigenvalue weighted by Crippen LogP contribution is 2.46. The topological polar surface area (TPSA) is 89.9 Å². The molecule has 0 spiro atoms. The summed E-state index contributed by atoms with van der Waals surface area (Å²) in [6.07, 6.45) is 0.535. The molecule has 1 saturated carbocycles. The number of rotatable bonds is 6. The van der Waals surface area contributed by atoms with E-state index in [4.69, 9.17) is 9.47 Å². The SMILES string of the molecule is CCOC(=O)[C@H]1C(=O)C[C@](C)(O)[C@H](C(=O)OCC)[C@@H]1c1ccc(CC)cc1. The molecule has 0 unspecified atom stereocenters. The number of carbonyl (C=O) groups is 3. The maximum absolute atomic E-state index is 12.7. The molecule has 0 bridgehead atoms. The lowest BCUT2D eigenvalue weighted by molar-refractivity contribution is -0.172. The molecule has 27 heavy (non-hydrogen) atoms. The van der Waals surface area contributed by atoms with E-state index >= 15 is 0 Å². The highest BCUT2D eigenvalue weighted by molar-refractivity contribution is 6.02. The number of aliphatic hydroxyl groups is 1. The first-order valence-electron chi connectivity index (χ1n) is 9.43. The van der Waals surface area contributed by atoms with Crippen molar-refractivity contribution in [1.82, 2.24) is 0 Å². The molecular formula is C21H28O6. The molecule has 1 aromatic rings. The third-order valence-corrected chi connectivity index (χ3v) is 5.12. The Balaban J connectivity index is 2.59. The van der Waals surface area contributed by atoms with Crippen LogP contribution in [-0.2, 0) is 30.3 Å². The van der Waals surface area contributed by atoms with E-state index in [1.54, 1.807) is 26.0 Å². The fourth-order valence-corrected chi connectivity index (χ4v) is 3.86. The van der Waals surface area contributed by atoms with Gasteiger partial charge in [-0.3, -0.25) is 14.4 Å². The number of ketones is 1. The van der Waals surface area contributed by atoms with Crippen molar-refractivity contribution in [3.63, 3.8) is 0 Å². The molecule has 2 rings (SSSR count). The maximum Gasteiger partial charge on any atom is 0.317 e. The van der Waals surface area contributed by atoms with Crippen LogP contribution >= 0.6 is 0 Å². The van der Waals surface area contributed by atoms with Crippen LogP contribution in [0.15, 0.2) is 24.3 Å². The van der Waals surface area contributed by atoms with E-state index in [2.05, 4.69) is 0 Å². The number of hydrogen-bond acceptors (Lipinski definition) is 6. The number of Topliss-reactive ketones (excluding diaryl/α,β-unsaturated/α-hetero) is 1. The minimum atomic E-state index is -1.61. The quantitative estimate of drug-likeness (QED) is 0.606. The summed E-state index contributed by atoms with van der Waals surface area (Å²) < 4.78 is 10.3. The molecule has 0 amide bonds. The van der Waals surface area contributed by atoms with Crippen LogP contribution in [0.2, 0.25) is 0 Å². The number of hydrogen-bond donors (Lipinski definition) is 1. The van der Waals surface area contributed by atoms with Gasteiger partial charge in [0, 0.05) is 12.3 Å². The van der Waals surface area contributed by atoms with Crippen molar-refractivity contribution >= 4 is 17.7 Å². The van der Waals surface area contributed by atoms with Crippen LogP contribution < -0.4 is 0 Å². The van der Waals surface area contributed by atoms with Gasteiger partial charge in [0.15, 0.2) is 5.78 Å². The number of esters is 2. The van der Waals surface area contributed by atoms with Crippen LogP contribution in [0.5, 0.6) is 0 Å². The zero-order valence-electron chi connectivity index (χ0n) is 16.4. The van der Waals surface area contributed by atoms with Gasteiger partial charge in [-0.15, -0.1) is 0 Å². The number of carbonyl (C=O) groups excluding carboxylic acids is 3. The molecule has 0 radical (unpaired) electrons. The minimum absolute atomic E-state index is 0.130. The predicted octanol–water partition coefficient (Wildman–Crippen LogP) is 2.42. The van der Waals surface area contributed by atoms with Gasteiger partial charge < -0.3 is 14.6 Å². The smallest absolute Gasteiger partial charge is 0.317 e. The van der Waals surface area contributed by atoms with Gasteiger partial charge in [0.2, 0.25) is 0 Å². The summed E-state index contributed by atoms with van der Waals surface area (Å²) in [5, 5.41) is 10.9. The Morgan fingerprint density at radius 1 is 1.07 bits per heavy atom. The average Bonchev–Trinajstić information content (AvgIpc) is 2.60. The molecule has 0 aliphatic heterocycles. The van der Waals surface area contributed by atoms with Gasteiger partial charge in [0.25, 0.3) is 0 Å². The van der Waals surface area contributed by atoms with Gasteiger partial charge >= 0.3 is 11.9 Å². The molecule has 1 fully saturated rings. The standard InChI is InChI=1S/C21H28O6/c1-5-13-8-10-14(11-9-13)16-17(19(23)26-6-2)15(22)12-21(4,25)18(16)20(24)27-7-3/h8-11,16-18,25H,5-7,12H2,1-4H3/t16-,17+,18+,21+/m1/s1. The number of ether oxygens (including phenoxy) is 2. The summed E-state index contributed by atoms with van der Waals surface area (Å²) >= 11 is 0. The van der Waals surface area contributed by atoms with Crippen LogP contribution in [0.4, 0.5) is 0 Å². The molecule has 6 nitrogen and oxygen atoms in total. The van der Waals surface area contributed by atoms with Crippen LogP contribution in [0.1, 0.15) is 51.2 Å². The fourth-order valence-electron chi connectivity index (χ4n) is 3.86. The largest absolute Gasteiger partial charge is 0.466 e. The summed E-state index contributed by atoms with van der Waals surface area (Å²) in [5.74, 6) is -4.75. The van der Waals surface area contributed by atoms with Crippen LogP contribution in [-0.4, -0.2) is 41.6 Å². The van der Waals surface area contributed by atoms with Gasteiger partial charge in [-0.2, -0.15) is 0 Å². The van der Waals surface area contributed by atoms with Crippen molar-refractivity contribution in [2.75, 3.05) is 13.2 Å². The zero-order valence-corrected chi connectivity index (χ0v) is 16.4. The van der Waals surface area contributed by atoms with Crippen molar-refractivity contribution in [3.8, 4) is 0 Å². The van der Waals surface area contributed by atoms with Crippen molar-refractivity contribution in [3.05, 3.63) is 35.4 Å². The second-order valence-corrected chi connectivity index (χ2v) is 7.08. The van der Waals surface area contributed by atoms with Crippen molar-refractivity contribution < 1.29 is 29.0 Å². The Hall–Kier alpha value is -2.21. The maximum atomic E-state index is 12.7. The van der Waals surface area contributed by atoms with Gasteiger partial charge in [0.05, 0.1) is 24.7 Å². The van der Waals surface area contributed by atoms with Crippen molar-refractivity contribution in [1.29, 1.82) is 0 Å². The lowest BCUT2D eigenvalue weighted by Crippen LogP contribution is -2.55. The molecule has 6 heteroatoms. The Morgan fingerprint density at radius 2 is 1.63 bits per heavy atom. The summed E-state index contributed by atoms with van der Waals surface area (Å²) in [7, 11) is 0. The molecule has 4 atom stereocenters. The molecule has 1 aliphatic rings. The average molecular weight is 376 g/mol. The second-order valence-electron chi connectivity index (χ2n) is 7.08. The summed E-state index contributed by atoms with van der Waals surface area (Å²) in [5.41, 5.74) is 0.116. The molecular weight excluding hydrogens is 348 g/mol. The number of aryl methyl sites for hydroxylation is 1. The van der Waals surface area contributed by atoms with E-state index in [1.807, 2.05) is 19.1 Å². The molecule has 1 aliphatic carbocycles. The normalized spacial score (nSPS) is 27.9. The van der Waals surface area contributed by atoms with Crippen LogP contribution in [0.25, 0.3) is 0 Å². The lowest BCUT2D eigenvalue weighted by Gasteiger charge is -2.43. The molecule has 1 aromatic carbocycles. The molecule has 1 N–H and O–H groups in total. The zero-order chi connectivity index (χ0) is 20.2. The minimum Gasteiger partial charge on any atom is -0.466 e. The summed E-state index contributed by atoms with van der Waals surface area (Å²) in [6.45, 7) is 7.08. The highest BCUT2D eigenvalue weighted by Gasteiger charge is 2.57. The third kappa shape index (κ3) is 4.38. The van der Waals surface area contributed by atoms with E-state index < -0.39 is 41.1 Å². The molecule has 0 aromatic heterocycles. The second kappa shape index (κ2) is 8.65. The van der Waals surface area contributed by atoms with E-state index in [1.165, 1.54) is 6.92 Å². The first kappa shape index (κ1) is 21.1. The number of benzene rings is 1. The molecule has 0 saturated heterocycles. The van der Waals surface area contributed by atoms with Crippen molar-refractivity contribution in [2.24, 2.45) is 11.8 Å². The first-order chi connectivity index (χ1) is 12.8. The van der Waals surface area contributed by atoms with E-state index in [-0.39, 0.29) is 19.6 Å². The Labute approximate surface area is 159 Å². The van der Waals surface area contributed by atoms with E-state index in [9.17, 15) is 19.5 Å². The van der Waals surface area contributed by atoms with Crippen LogP contribution in [0.3, 0.4) is 0 Å². The van der Waals surface area contributed by atoms with Crippen LogP contribution in [0, 0.1) is 11.8 Å². The Morgan fingerprint density at radius 3 is 2.15 bits per heavy atom. The van der Waals surface area contributed by atoms with Crippen molar-refractivity contribution in [2.45, 2.75) is 52.1 Å². The fraction of sp³-hybridized carbons (Fsp3) is 0.571.